The number of para-hydroxylation sites is 3. The monoisotopic (exact) mass is 356 g/mol. The minimum absolute atomic E-state index is 0.304. The van der Waals surface area contributed by atoms with E-state index in [0.717, 1.165) is 5.56 Å². The highest BCUT2D eigenvalue weighted by atomic mass is 19.3. The van der Waals surface area contributed by atoms with E-state index >= 15 is 8.78 Å². The second-order valence-electron chi connectivity index (χ2n) is 7.04. The first-order valence-corrected chi connectivity index (χ1v) is 8.36. The Bertz CT molecular complexity index is 995. The molecule has 0 fully saturated rings. The Labute approximate surface area is 149 Å². The summed E-state index contributed by atoms with van der Waals surface area (Å²) in [5, 5.41) is 0. The Morgan fingerprint density at radius 3 is 2.65 bits per heavy atom. The fourth-order valence-electron chi connectivity index (χ4n) is 3.86. The Kier molecular flexibility index (Phi) is 3.45. The number of carbonyl (C=O) groups is 1. The first-order chi connectivity index (χ1) is 12.2. The van der Waals surface area contributed by atoms with Crippen molar-refractivity contribution in [1.82, 2.24) is 4.98 Å². The van der Waals surface area contributed by atoms with Crippen LogP contribution in [0.3, 0.4) is 0 Å². The van der Waals surface area contributed by atoms with Crippen molar-refractivity contribution in [3.8, 4) is 0 Å². The highest BCUT2D eigenvalue weighted by Crippen LogP contribution is 2.50. The smallest absolute Gasteiger partial charge is 0.323 e. The molecule has 2 heterocycles. The number of hydrogen-bond acceptors (Lipinski definition) is 3. The number of fused-ring (bicyclic) bond motifs is 2. The molecule has 0 radical (unpaired) electrons. The number of nitrogens with zero attached hydrogens (tertiary/aromatic N) is 2. The lowest BCUT2D eigenvalue weighted by atomic mass is 9.78. The molecule has 0 spiro atoms. The third-order valence-corrected chi connectivity index (χ3v) is 5.13. The van der Waals surface area contributed by atoms with Crippen LogP contribution < -0.4 is 4.90 Å². The number of hydrogen-bond donors (Lipinski definition) is 0. The van der Waals surface area contributed by atoms with E-state index < -0.39 is 23.6 Å². The summed E-state index contributed by atoms with van der Waals surface area (Å²) in [5.74, 6) is -4.38. The van der Waals surface area contributed by atoms with E-state index in [2.05, 4.69) is 4.98 Å². The Balaban J connectivity index is 1.78. The van der Waals surface area contributed by atoms with Crippen LogP contribution >= 0.6 is 0 Å². The third-order valence-electron chi connectivity index (χ3n) is 5.13. The summed E-state index contributed by atoms with van der Waals surface area (Å²) in [6.45, 7) is 3.43. The number of oxazole rings is 1. The molecule has 0 saturated heterocycles. The average Bonchev–Trinajstić information content (AvgIpc) is 3.11. The summed E-state index contributed by atoms with van der Waals surface area (Å²) in [4.78, 5) is 18.3. The molecule has 1 aliphatic rings. The maximum absolute atomic E-state index is 15.1. The molecule has 6 heteroatoms. The van der Waals surface area contributed by atoms with Crippen LogP contribution in [0, 0.1) is 6.92 Å². The van der Waals surface area contributed by atoms with Gasteiger partial charge in [-0.25, -0.2) is 4.98 Å². The van der Waals surface area contributed by atoms with E-state index in [-0.39, 0.29) is 5.91 Å². The number of halogens is 2. The van der Waals surface area contributed by atoms with E-state index in [0.29, 0.717) is 22.4 Å². The van der Waals surface area contributed by atoms with Gasteiger partial charge >= 0.3 is 5.92 Å². The molecule has 1 unspecified atom stereocenters. The fraction of sp³-hybridized carbons (Fsp3) is 0.300. The normalized spacial score (nSPS) is 20.0. The van der Waals surface area contributed by atoms with Gasteiger partial charge in [0.1, 0.15) is 5.52 Å². The molecule has 0 bridgehead atoms. The van der Waals surface area contributed by atoms with Crippen molar-refractivity contribution in [3.05, 3.63) is 59.5 Å². The first-order valence-electron chi connectivity index (χ1n) is 8.36. The summed E-state index contributed by atoms with van der Waals surface area (Å²) < 4.78 is 35.4. The van der Waals surface area contributed by atoms with Crippen LogP contribution in [-0.4, -0.2) is 17.9 Å². The molecule has 1 aliphatic heterocycles. The summed E-state index contributed by atoms with van der Waals surface area (Å²) in [7, 11) is 1.62. The molecule has 0 aliphatic carbocycles. The van der Waals surface area contributed by atoms with Crippen molar-refractivity contribution < 1.29 is 18.0 Å². The van der Waals surface area contributed by atoms with Gasteiger partial charge in [-0.05, 0) is 37.1 Å². The molecule has 134 valence electrons. The van der Waals surface area contributed by atoms with Gasteiger partial charge in [-0.1, -0.05) is 30.3 Å². The lowest BCUT2D eigenvalue weighted by Gasteiger charge is -2.26. The van der Waals surface area contributed by atoms with Crippen LogP contribution in [0.4, 0.5) is 14.5 Å². The van der Waals surface area contributed by atoms with Crippen molar-refractivity contribution in [3.63, 3.8) is 0 Å². The van der Waals surface area contributed by atoms with Gasteiger partial charge < -0.3 is 9.32 Å². The summed E-state index contributed by atoms with van der Waals surface area (Å²) >= 11 is 0. The highest BCUT2D eigenvalue weighted by molar-refractivity contribution is 6.08. The predicted molar refractivity (Wildman–Crippen MR) is 94.5 cm³/mol. The Morgan fingerprint density at radius 1 is 1.19 bits per heavy atom. The van der Waals surface area contributed by atoms with Gasteiger partial charge in [0.2, 0.25) is 5.91 Å². The molecular weight excluding hydrogens is 338 g/mol. The van der Waals surface area contributed by atoms with Gasteiger partial charge in [0.25, 0.3) is 5.89 Å². The lowest BCUT2D eigenvalue weighted by molar-refractivity contribution is -0.128. The van der Waals surface area contributed by atoms with Gasteiger partial charge in [0.15, 0.2) is 5.58 Å². The van der Waals surface area contributed by atoms with Crippen LogP contribution in [0.1, 0.15) is 30.4 Å². The van der Waals surface area contributed by atoms with Crippen molar-refractivity contribution in [2.45, 2.75) is 31.6 Å². The Hall–Kier alpha value is -2.76. The van der Waals surface area contributed by atoms with E-state index in [4.69, 9.17) is 4.42 Å². The third kappa shape index (κ3) is 2.25. The number of rotatable bonds is 3. The molecule has 3 aromatic rings. The zero-order valence-electron chi connectivity index (χ0n) is 14.7. The molecule has 0 saturated carbocycles. The van der Waals surface area contributed by atoms with Gasteiger partial charge in [0.05, 0.1) is 11.1 Å². The molecule has 1 atom stereocenters. The minimum atomic E-state index is -3.38. The molecule has 4 nitrogen and oxygen atoms in total. The summed E-state index contributed by atoms with van der Waals surface area (Å²) in [6, 6.07) is 12.0. The highest BCUT2D eigenvalue weighted by Gasteiger charge is 2.54. The number of carbonyl (C=O) groups excluding carboxylic acids is 1. The molecule has 4 rings (SSSR count). The number of amides is 1. The van der Waals surface area contributed by atoms with Crippen LogP contribution in [0.25, 0.3) is 11.1 Å². The van der Waals surface area contributed by atoms with Gasteiger partial charge in [-0.15, -0.1) is 0 Å². The standard InChI is InChI=1S/C20H18F2N2O2/c1-12-7-6-8-13-16(12)24(3)18(25)19(13,2)11-20(21,22)17-23-14-9-4-5-10-15(14)26-17/h4-10H,11H2,1-3H3. The first kappa shape index (κ1) is 16.7. The van der Waals surface area contributed by atoms with E-state index in [1.165, 1.54) is 4.90 Å². The van der Waals surface area contributed by atoms with Crippen LogP contribution in [0.5, 0.6) is 0 Å². The van der Waals surface area contributed by atoms with E-state index in [9.17, 15) is 4.79 Å². The maximum Gasteiger partial charge on any atom is 0.323 e. The van der Waals surface area contributed by atoms with Gasteiger partial charge in [-0.3, -0.25) is 4.79 Å². The minimum Gasteiger partial charge on any atom is -0.435 e. The number of benzene rings is 2. The topological polar surface area (TPSA) is 46.3 Å². The zero-order chi connectivity index (χ0) is 18.7. The van der Waals surface area contributed by atoms with Crippen molar-refractivity contribution >= 4 is 22.7 Å². The second-order valence-corrected chi connectivity index (χ2v) is 7.04. The SMILES string of the molecule is Cc1cccc2c1N(C)C(=O)C2(C)CC(F)(F)c1nc2ccccc2o1. The van der Waals surface area contributed by atoms with Crippen molar-refractivity contribution in [2.75, 3.05) is 11.9 Å². The van der Waals surface area contributed by atoms with Crippen LogP contribution in [0.2, 0.25) is 0 Å². The number of aromatic nitrogens is 1. The van der Waals surface area contributed by atoms with E-state index in [1.54, 1.807) is 50.4 Å². The second kappa shape index (κ2) is 5.37. The average molecular weight is 356 g/mol. The number of alkyl halides is 2. The van der Waals surface area contributed by atoms with Gasteiger partial charge in [-0.2, -0.15) is 8.78 Å². The fourth-order valence-corrected chi connectivity index (χ4v) is 3.86. The van der Waals surface area contributed by atoms with Crippen LogP contribution in [0.15, 0.2) is 46.9 Å². The Morgan fingerprint density at radius 2 is 1.92 bits per heavy atom. The van der Waals surface area contributed by atoms with Gasteiger partial charge in [0, 0.05) is 13.5 Å². The molecular formula is C20H18F2N2O2. The van der Waals surface area contributed by atoms with Crippen LogP contribution in [-0.2, 0) is 16.1 Å². The molecule has 0 N–H and O–H groups in total. The maximum atomic E-state index is 15.1. The summed E-state index contributed by atoms with van der Waals surface area (Å²) in [6.07, 6.45) is -0.702. The molecule has 1 amide bonds. The quantitative estimate of drug-likeness (QED) is 0.691. The predicted octanol–water partition coefficient (Wildman–Crippen LogP) is 4.55. The molecule has 1 aromatic heterocycles. The zero-order valence-corrected chi connectivity index (χ0v) is 14.7. The largest absolute Gasteiger partial charge is 0.435 e. The molecule has 2 aromatic carbocycles. The summed E-state index contributed by atoms with van der Waals surface area (Å²) in [5.41, 5.74) is 1.53. The number of aryl methyl sites for hydroxylation is 1. The number of anilines is 1. The number of likely N-dealkylation sites (N-methyl/N-ethyl adjacent to an activating group) is 1. The van der Waals surface area contributed by atoms with Crippen molar-refractivity contribution in [1.29, 1.82) is 0 Å². The lowest BCUT2D eigenvalue weighted by Crippen LogP contribution is -2.40. The molecule has 26 heavy (non-hydrogen) atoms. The van der Waals surface area contributed by atoms with E-state index in [1.807, 2.05) is 13.0 Å². The van der Waals surface area contributed by atoms with Crippen molar-refractivity contribution in [2.24, 2.45) is 0 Å².